The Morgan fingerprint density at radius 1 is 1.43 bits per heavy atom. The molecule has 1 amide bonds. The Kier molecular flexibility index (Phi) is 4.79. The lowest BCUT2D eigenvalue weighted by Gasteiger charge is -2.24. The quantitative estimate of drug-likeness (QED) is 0.833. The molecule has 4 nitrogen and oxygen atoms in total. The van der Waals surface area contributed by atoms with Gasteiger partial charge in [0.1, 0.15) is 5.82 Å². The zero-order chi connectivity index (χ0) is 15.5. The number of benzene rings is 1. The summed E-state index contributed by atoms with van der Waals surface area (Å²) >= 11 is 0. The van der Waals surface area contributed by atoms with Crippen molar-refractivity contribution in [3.8, 4) is 0 Å². The molecule has 1 aromatic rings. The van der Waals surface area contributed by atoms with Gasteiger partial charge in [-0.05, 0) is 18.2 Å². The number of alkyl halides is 3. The van der Waals surface area contributed by atoms with E-state index >= 15 is 0 Å². The molecule has 1 aromatic carbocycles. The van der Waals surface area contributed by atoms with Crippen LogP contribution >= 0.6 is 0 Å². The van der Waals surface area contributed by atoms with Crippen molar-refractivity contribution in [3.05, 3.63) is 35.1 Å². The normalized spacial score (nSPS) is 19.3. The Hall–Kier alpha value is -1.67. The standard InChI is InChI=1S/C13H14F4N2O2/c14-11-2-1-8(13(15,16)17)5-10(11)12(20)19-6-9-7-21-4-3-18-9/h1-2,5,9,18H,3-4,6-7H2,(H,19,20). The average molecular weight is 306 g/mol. The van der Waals surface area contributed by atoms with Crippen LogP contribution in [0.1, 0.15) is 15.9 Å². The molecule has 0 aromatic heterocycles. The van der Waals surface area contributed by atoms with Crippen LogP contribution < -0.4 is 10.6 Å². The molecule has 8 heteroatoms. The molecule has 0 radical (unpaired) electrons. The molecule has 1 heterocycles. The predicted molar refractivity (Wildman–Crippen MR) is 66.3 cm³/mol. The van der Waals surface area contributed by atoms with E-state index in [-0.39, 0.29) is 12.6 Å². The SMILES string of the molecule is O=C(NCC1COCCN1)c1cc(C(F)(F)F)ccc1F. The molecule has 0 spiro atoms. The third-order valence-corrected chi connectivity index (χ3v) is 3.05. The Morgan fingerprint density at radius 3 is 2.81 bits per heavy atom. The monoisotopic (exact) mass is 306 g/mol. The fraction of sp³-hybridized carbons (Fsp3) is 0.462. The van der Waals surface area contributed by atoms with Gasteiger partial charge in [-0.25, -0.2) is 4.39 Å². The van der Waals surface area contributed by atoms with Crippen molar-refractivity contribution in [1.29, 1.82) is 0 Å². The number of hydrogen-bond donors (Lipinski definition) is 2. The zero-order valence-electron chi connectivity index (χ0n) is 11.0. The minimum Gasteiger partial charge on any atom is -0.378 e. The van der Waals surface area contributed by atoms with Gasteiger partial charge in [-0.2, -0.15) is 13.2 Å². The average Bonchev–Trinajstić information content (AvgIpc) is 2.45. The van der Waals surface area contributed by atoms with Gasteiger partial charge in [0.2, 0.25) is 0 Å². The van der Waals surface area contributed by atoms with Gasteiger partial charge in [0.15, 0.2) is 0 Å². The highest BCUT2D eigenvalue weighted by molar-refractivity contribution is 5.94. The van der Waals surface area contributed by atoms with E-state index in [4.69, 9.17) is 4.74 Å². The molecule has 2 N–H and O–H groups in total. The smallest absolute Gasteiger partial charge is 0.378 e. The molecular formula is C13H14F4N2O2. The van der Waals surface area contributed by atoms with Crippen LogP contribution in [0.15, 0.2) is 18.2 Å². The van der Waals surface area contributed by atoms with Gasteiger partial charge in [0.25, 0.3) is 5.91 Å². The lowest BCUT2D eigenvalue weighted by molar-refractivity contribution is -0.137. The Balaban J connectivity index is 2.04. The summed E-state index contributed by atoms with van der Waals surface area (Å²) in [5.74, 6) is -1.88. The van der Waals surface area contributed by atoms with Crippen LogP contribution in [0.25, 0.3) is 0 Å². The number of rotatable bonds is 3. The van der Waals surface area contributed by atoms with Gasteiger partial charge in [-0.3, -0.25) is 4.79 Å². The van der Waals surface area contributed by atoms with E-state index in [1.807, 2.05) is 0 Å². The predicted octanol–water partition coefficient (Wildman–Crippen LogP) is 1.56. The van der Waals surface area contributed by atoms with Gasteiger partial charge in [-0.15, -0.1) is 0 Å². The fourth-order valence-corrected chi connectivity index (χ4v) is 1.94. The van der Waals surface area contributed by atoms with Crippen LogP contribution in [-0.4, -0.2) is 38.3 Å². The summed E-state index contributed by atoms with van der Waals surface area (Å²) in [5.41, 5.74) is -1.69. The van der Waals surface area contributed by atoms with Gasteiger partial charge in [0.05, 0.1) is 24.3 Å². The van der Waals surface area contributed by atoms with Gasteiger partial charge in [0, 0.05) is 19.1 Å². The molecule has 116 valence electrons. The Bertz CT molecular complexity index is 513. The fourth-order valence-electron chi connectivity index (χ4n) is 1.94. The first-order chi connectivity index (χ1) is 9.88. The minimum absolute atomic E-state index is 0.142. The first-order valence-corrected chi connectivity index (χ1v) is 6.34. The van der Waals surface area contributed by atoms with Crippen molar-refractivity contribution in [1.82, 2.24) is 10.6 Å². The van der Waals surface area contributed by atoms with Crippen LogP contribution in [0, 0.1) is 5.82 Å². The second-order valence-electron chi connectivity index (χ2n) is 4.63. The topological polar surface area (TPSA) is 50.4 Å². The van der Waals surface area contributed by atoms with Crippen LogP contribution in [0.5, 0.6) is 0 Å². The zero-order valence-corrected chi connectivity index (χ0v) is 11.0. The number of amides is 1. The highest BCUT2D eigenvalue weighted by Crippen LogP contribution is 2.30. The van der Waals surface area contributed by atoms with E-state index in [1.165, 1.54) is 0 Å². The molecule has 1 atom stereocenters. The van der Waals surface area contributed by atoms with Crippen LogP contribution in [0.3, 0.4) is 0 Å². The molecule has 1 saturated heterocycles. The number of carbonyl (C=O) groups is 1. The van der Waals surface area contributed by atoms with E-state index in [2.05, 4.69) is 10.6 Å². The summed E-state index contributed by atoms with van der Waals surface area (Å²) < 4.78 is 56.4. The lowest BCUT2D eigenvalue weighted by atomic mass is 10.1. The van der Waals surface area contributed by atoms with Crippen LogP contribution in [0.2, 0.25) is 0 Å². The van der Waals surface area contributed by atoms with Gasteiger partial charge < -0.3 is 15.4 Å². The second kappa shape index (κ2) is 6.40. The lowest BCUT2D eigenvalue weighted by Crippen LogP contribution is -2.48. The Morgan fingerprint density at radius 2 is 2.19 bits per heavy atom. The molecular weight excluding hydrogens is 292 g/mol. The number of halogens is 4. The molecule has 1 fully saturated rings. The number of hydrogen-bond acceptors (Lipinski definition) is 3. The van der Waals surface area contributed by atoms with E-state index in [0.717, 1.165) is 0 Å². The summed E-state index contributed by atoms with van der Waals surface area (Å²) in [6, 6.07) is 1.61. The van der Waals surface area contributed by atoms with Crippen LogP contribution in [-0.2, 0) is 10.9 Å². The van der Waals surface area contributed by atoms with Gasteiger partial charge in [-0.1, -0.05) is 0 Å². The molecule has 21 heavy (non-hydrogen) atoms. The number of carbonyl (C=O) groups excluding carboxylic acids is 1. The first-order valence-electron chi connectivity index (χ1n) is 6.34. The third kappa shape index (κ3) is 4.15. The van der Waals surface area contributed by atoms with Crippen LogP contribution in [0.4, 0.5) is 17.6 Å². The molecule has 2 rings (SSSR count). The number of morpholine rings is 1. The minimum atomic E-state index is -4.62. The highest BCUT2D eigenvalue weighted by atomic mass is 19.4. The maximum atomic E-state index is 13.5. The van der Waals surface area contributed by atoms with Crippen molar-refractivity contribution in [2.75, 3.05) is 26.3 Å². The van der Waals surface area contributed by atoms with Crippen molar-refractivity contribution < 1.29 is 27.1 Å². The summed E-state index contributed by atoms with van der Waals surface area (Å²) in [7, 11) is 0. The maximum absolute atomic E-state index is 13.5. The first kappa shape index (κ1) is 15.7. The van der Waals surface area contributed by atoms with Crippen molar-refractivity contribution in [2.45, 2.75) is 12.2 Å². The van der Waals surface area contributed by atoms with E-state index < -0.39 is 29.0 Å². The summed E-state index contributed by atoms with van der Waals surface area (Å²) in [4.78, 5) is 11.8. The highest BCUT2D eigenvalue weighted by Gasteiger charge is 2.32. The molecule has 1 unspecified atom stereocenters. The Labute approximate surface area is 118 Å². The molecule has 0 bridgehead atoms. The van der Waals surface area contributed by atoms with E-state index in [0.29, 0.717) is 38.0 Å². The van der Waals surface area contributed by atoms with Crippen molar-refractivity contribution in [3.63, 3.8) is 0 Å². The van der Waals surface area contributed by atoms with E-state index in [9.17, 15) is 22.4 Å². The number of ether oxygens (including phenoxy) is 1. The summed E-state index contributed by atoms with van der Waals surface area (Å²) in [5, 5.41) is 5.46. The largest absolute Gasteiger partial charge is 0.416 e. The molecule has 1 aliphatic heterocycles. The summed E-state index contributed by atoms with van der Waals surface area (Å²) in [6.45, 7) is 1.71. The van der Waals surface area contributed by atoms with E-state index in [1.54, 1.807) is 0 Å². The second-order valence-corrected chi connectivity index (χ2v) is 4.63. The third-order valence-electron chi connectivity index (χ3n) is 3.05. The van der Waals surface area contributed by atoms with Crippen molar-refractivity contribution >= 4 is 5.91 Å². The molecule has 0 aliphatic carbocycles. The maximum Gasteiger partial charge on any atom is 0.416 e. The van der Waals surface area contributed by atoms with Crippen molar-refractivity contribution in [2.24, 2.45) is 0 Å². The molecule has 0 saturated carbocycles. The molecule has 1 aliphatic rings. The van der Waals surface area contributed by atoms with Gasteiger partial charge >= 0.3 is 6.18 Å². The summed E-state index contributed by atoms with van der Waals surface area (Å²) in [6.07, 6.45) is -4.62. The number of nitrogens with one attached hydrogen (secondary N) is 2.